The van der Waals surface area contributed by atoms with Crippen molar-refractivity contribution in [3.05, 3.63) is 42.0 Å². The maximum atomic E-state index is 12.8. The summed E-state index contributed by atoms with van der Waals surface area (Å²) in [6, 6.07) is 3.77. The first kappa shape index (κ1) is 15.3. The molecule has 0 aromatic carbocycles. The predicted octanol–water partition coefficient (Wildman–Crippen LogP) is 1.30. The number of rotatable bonds is 3. The largest absolute Gasteiger partial charge is 0.374 e. The highest BCUT2D eigenvalue weighted by Gasteiger charge is 2.44. The molecule has 2 aliphatic rings. The molecule has 1 saturated heterocycles. The number of morpholine rings is 1. The smallest absolute Gasteiger partial charge is 0.255 e. The Morgan fingerprint density at radius 1 is 1.38 bits per heavy atom. The molecule has 0 bridgehead atoms. The van der Waals surface area contributed by atoms with Gasteiger partial charge in [-0.25, -0.2) is 4.68 Å². The maximum Gasteiger partial charge on any atom is 0.255 e. The molecule has 1 aliphatic carbocycles. The molecule has 0 N–H and O–H groups in total. The summed E-state index contributed by atoms with van der Waals surface area (Å²) in [6.45, 7) is 4.03. The van der Waals surface area contributed by atoms with E-state index in [1.165, 1.54) is 0 Å². The molecule has 7 heteroatoms. The fraction of sp³-hybridized carbons (Fsp3) is 0.529. The second kappa shape index (κ2) is 6.32. The van der Waals surface area contributed by atoms with Gasteiger partial charge in [-0.1, -0.05) is 5.21 Å². The summed E-state index contributed by atoms with van der Waals surface area (Å²) in [4.78, 5) is 18.9. The third kappa shape index (κ3) is 2.69. The van der Waals surface area contributed by atoms with Crippen molar-refractivity contribution in [2.45, 2.75) is 38.5 Å². The third-order valence-corrected chi connectivity index (χ3v) is 5.11. The normalized spacial score (nSPS) is 26.4. The zero-order chi connectivity index (χ0) is 16.5. The van der Waals surface area contributed by atoms with Crippen molar-refractivity contribution in [3.8, 4) is 0 Å². The van der Waals surface area contributed by atoms with E-state index in [0.717, 1.165) is 25.1 Å². The zero-order valence-electron chi connectivity index (χ0n) is 13.7. The van der Waals surface area contributed by atoms with Gasteiger partial charge in [0, 0.05) is 31.4 Å². The van der Waals surface area contributed by atoms with Crippen molar-refractivity contribution >= 4 is 5.91 Å². The van der Waals surface area contributed by atoms with Crippen LogP contribution < -0.4 is 0 Å². The Balaban J connectivity index is 1.50. The molecular formula is C17H21N5O2. The van der Waals surface area contributed by atoms with Gasteiger partial charge in [-0.15, -0.1) is 5.10 Å². The van der Waals surface area contributed by atoms with E-state index in [9.17, 15) is 4.79 Å². The van der Waals surface area contributed by atoms with E-state index in [1.54, 1.807) is 24.7 Å². The van der Waals surface area contributed by atoms with E-state index in [-0.39, 0.29) is 18.1 Å². The topological polar surface area (TPSA) is 73.1 Å². The number of carbonyl (C=O) groups is 1. The number of ether oxygens (including phenoxy) is 1. The van der Waals surface area contributed by atoms with Crippen LogP contribution in [0.3, 0.4) is 0 Å². The molecule has 4 rings (SSSR count). The number of fused-ring (bicyclic) bond motifs is 1. The van der Waals surface area contributed by atoms with Gasteiger partial charge in [0.15, 0.2) is 0 Å². The van der Waals surface area contributed by atoms with Crippen LogP contribution in [0, 0.1) is 12.8 Å². The first-order valence-corrected chi connectivity index (χ1v) is 8.42. The van der Waals surface area contributed by atoms with Gasteiger partial charge < -0.3 is 9.64 Å². The minimum absolute atomic E-state index is 0.0546. The Labute approximate surface area is 140 Å². The van der Waals surface area contributed by atoms with Gasteiger partial charge in [-0.2, -0.15) is 0 Å². The van der Waals surface area contributed by atoms with Crippen LogP contribution in [-0.4, -0.2) is 56.1 Å². The van der Waals surface area contributed by atoms with Crippen LogP contribution in [0.1, 0.15) is 28.9 Å². The molecule has 0 radical (unpaired) electrons. The van der Waals surface area contributed by atoms with E-state index in [0.29, 0.717) is 24.6 Å². The average Bonchev–Trinajstić information content (AvgIpc) is 3.22. The molecule has 0 spiro atoms. The van der Waals surface area contributed by atoms with E-state index in [2.05, 4.69) is 15.3 Å². The summed E-state index contributed by atoms with van der Waals surface area (Å²) < 4.78 is 7.98. The number of amides is 1. The Bertz CT molecular complexity index is 717. The van der Waals surface area contributed by atoms with Crippen molar-refractivity contribution in [1.82, 2.24) is 24.9 Å². The molecule has 7 nitrogen and oxygen atoms in total. The summed E-state index contributed by atoms with van der Waals surface area (Å²) in [6.07, 6.45) is 7.17. The lowest BCUT2D eigenvalue weighted by Crippen LogP contribution is -2.53. The Kier molecular flexibility index (Phi) is 4.02. The predicted molar refractivity (Wildman–Crippen MR) is 86.3 cm³/mol. The van der Waals surface area contributed by atoms with Crippen LogP contribution in [-0.2, 0) is 11.3 Å². The van der Waals surface area contributed by atoms with Crippen molar-refractivity contribution in [3.63, 3.8) is 0 Å². The van der Waals surface area contributed by atoms with E-state index >= 15 is 0 Å². The molecule has 3 atom stereocenters. The molecule has 1 saturated carbocycles. The minimum Gasteiger partial charge on any atom is -0.374 e. The van der Waals surface area contributed by atoms with Crippen LogP contribution in [0.5, 0.6) is 0 Å². The standard InChI is InChI=1S/C17H21N5O2/c1-12-9-19-20-22(12)11-14-4-5-15-16(14)24-8-7-21(15)17(23)13-3-2-6-18-10-13/h2-3,6,9-10,14-16H,4-5,7-8,11H2,1H3/t14-,15-,16+/m0/s1. The summed E-state index contributed by atoms with van der Waals surface area (Å²) >= 11 is 0. The number of pyridine rings is 1. The van der Waals surface area contributed by atoms with Gasteiger partial charge in [-0.3, -0.25) is 9.78 Å². The van der Waals surface area contributed by atoms with Crippen molar-refractivity contribution in [2.75, 3.05) is 13.2 Å². The Morgan fingerprint density at radius 2 is 2.29 bits per heavy atom. The third-order valence-electron chi connectivity index (χ3n) is 5.11. The van der Waals surface area contributed by atoms with Gasteiger partial charge in [-0.05, 0) is 31.9 Å². The minimum atomic E-state index is 0.0546. The molecule has 2 aromatic rings. The summed E-state index contributed by atoms with van der Waals surface area (Å²) in [5, 5.41) is 8.09. The van der Waals surface area contributed by atoms with Crippen LogP contribution in [0.4, 0.5) is 0 Å². The summed E-state index contributed by atoms with van der Waals surface area (Å²) in [5.74, 6) is 0.416. The number of aryl methyl sites for hydroxylation is 1. The highest BCUT2D eigenvalue weighted by molar-refractivity contribution is 5.94. The first-order chi connectivity index (χ1) is 11.7. The molecule has 2 aromatic heterocycles. The number of nitrogens with zero attached hydrogens (tertiary/aromatic N) is 5. The second-order valence-corrected chi connectivity index (χ2v) is 6.54. The molecule has 2 fully saturated rings. The highest BCUT2D eigenvalue weighted by atomic mass is 16.5. The fourth-order valence-electron chi connectivity index (χ4n) is 3.87. The average molecular weight is 327 g/mol. The lowest BCUT2D eigenvalue weighted by Gasteiger charge is -2.39. The number of hydrogen-bond acceptors (Lipinski definition) is 5. The van der Waals surface area contributed by atoms with E-state index in [1.807, 2.05) is 22.6 Å². The van der Waals surface area contributed by atoms with Crippen LogP contribution in [0.15, 0.2) is 30.7 Å². The second-order valence-electron chi connectivity index (χ2n) is 6.54. The van der Waals surface area contributed by atoms with Gasteiger partial charge in [0.05, 0.1) is 36.2 Å². The molecule has 126 valence electrons. The molecule has 3 heterocycles. The molecule has 1 amide bonds. The van der Waals surface area contributed by atoms with Crippen molar-refractivity contribution in [2.24, 2.45) is 5.92 Å². The monoisotopic (exact) mass is 327 g/mol. The molecular weight excluding hydrogens is 306 g/mol. The summed E-state index contributed by atoms with van der Waals surface area (Å²) in [7, 11) is 0. The van der Waals surface area contributed by atoms with Crippen LogP contribution in [0.25, 0.3) is 0 Å². The van der Waals surface area contributed by atoms with E-state index in [4.69, 9.17) is 4.74 Å². The number of carbonyl (C=O) groups excluding carboxylic acids is 1. The number of hydrogen-bond donors (Lipinski definition) is 0. The number of aromatic nitrogens is 4. The quantitative estimate of drug-likeness (QED) is 0.849. The van der Waals surface area contributed by atoms with Crippen LogP contribution >= 0.6 is 0 Å². The van der Waals surface area contributed by atoms with Gasteiger partial charge in [0.1, 0.15) is 0 Å². The van der Waals surface area contributed by atoms with E-state index < -0.39 is 0 Å². The van der Waals surface area contributed by atoms with Gasteiger partial charge in [0.2, 0.25) is 0 Å². The molecule has 0 unspecified atom stereocenters. The van der Waals surface area contributed by atoms with Gasteiger partial charge >= 0.3 is 0 Å². The maximum absolute atomic E-state index is 12.8. The summed E-state index contributed by atoms with van der Waals surface area (Å²) in [5.41, 5.74) is 1.70. The highest BCUT2D eigenvalue weighted by Crippen LogP contribution is 2.36. The lowest BCUT2D eigenvalue weighted by atomic mass is 10.0. The Hall–Kier alpha value is -2.28. The Morgan fingerprint density at radius 3 is 3.04 bits per heavy atom. The lowest BCUT2D eigenvalue weighted by molar-refractivity contribution is -0.0650. The van der Waals surface area contributed by atoms with Crippen molar-refractivity contribution in [1.29, 1.82) is 0 Å². The van der Waals surface area contributed by atoms with Crippen LogP contribution in [0.2, 0.25) is 0 Å². The van der Waals surface area contributed by atoms with Crippen molar-refractivity contribution < 1.29 is 9.53 Å². The SMILES string of the molecule is Cc1cnnn1C[C@@H]1CC[C@H]2[C@@H]1OCCN2C(=O)c1cccnc1. The molecule has 24 heavy (non-hydrogen) atoms. The fourth-order valence-corrected chi connectivity index (χ4v) is 3.87. The first-order valence-electron chi connectivity index (χ1n) is 8.42. The molecule has 1 aliphatic heterocycles. The van der Waals surface area contributed by atoms with Gasteiger partial charge in [0.25, 0.3) is 5.91 Å². The zero-order valence-corrected chi connectivity index (χ0v) is 13.7.